The van der Waals surface area contributed by atoms with Crippen LogP contribution < -0.4 is 5.73 Å². The first kappa shape index (κ1) is 13.7. The van der Waals surface area contributed by atoms with Gasteiger partial charge in [-0.15, -0.1) is 0 Å². The molecule has 1 aromatic carbocycles. The van der Waals surface area contributed by atoms with Gasteiger partial charge in [-0.05, 0) is 37.3 Å². The third-order valence-corrected chi connectivity index (χ3v) is 3.20. The highest BCUT2D eigenvalue weighted by Gasteiger charge is 2.21. The van der Waals surface area contributed by atoms with Crippen LogP contribution in [0.4, 0.5) is 0 Å². The summed E-state index contributed by atoms with van der Waals surface area (Å²) in [7, 11) is 0. The highest BCUT2D eigenvalue weighted by Crippen LogP contribution is 2.27. The first-order valence-corrected chi connectivity index (χ1v) is 6.00. The van der Waals surface area contributed by atoms with E-state index in [0.717, 1.165) is 6.42 Å². The molecule has 3 N–H and O–H groups in total. The number of carboxylic acid groups (broad SMARTS) is 1. The van der Waals surface area contributed by atoms with Gasteiger partial charge >= 0.3 is 5.97 Å². The van der Waals surface area contributed by atoms with Crippen LogP contribution in [0.5, 0.6) is 0 Å². The van der Waals surface area contributed by atoms with Crippen molar-refractivity contribution in [2.75, 3.05) is 0 Å². The number of benzene rings is 1. The third-order valence-electron chi connectivity index (χ3n) is 3.20. The molecule has 0 fully saturated rings. The molecule has 0 aromatic heterocycles. The van der Waals surface area contributed by atoms with Crippen molar-refractivity contribution < 1.29 is 9.90 Å². The fourth-order valence-corrected chi connectivity index (χ4v) is 2.26. The maximum absolute atomic E-state index is 10.7. The molecule has 0 bridgehead atoms. The minimum Gasteiger partial charge on any atom is -0.481 e. The van der Waals surface area contributed by atoms with Crippen LogP contribution in [0.1, 0.15) is 42.4 Å². The standard InChI is InChI=1S/C14H21NO2/c1-4-11(13(15)8-14(16)17)12-7-9(2)5-6-10(12)3/h5-7,11,13H,4,8,15H2,1-3H3,(H,16,17). The van der Waals surface area contributed by atoms with Gasteiger partial charge in [0.1, 0.15) is 0 Å². The van der Waals surface area contributed by atoms with Gasteiger partial charge in [0, 0.05) is 6.04 Å². The second-order valence-electron chi connectivity index (χ2n) is 4.64. The van der Waals surface area contributed by atoms with E-state index in [1.165, 1.54) is 16.7 Å². The van der Waals surface area contributed by atoms with Crippen molar-refractivity contribution >= 4 is 5.97 Å². The van der Waals surface area contributed by atoms with Gasteiger partial charge in [-0.25, -0.2) is 0 Å². The van der Waals surface area contributed by atoms with E-state index in [4.69, 9.17) is 10.8 Å². The molecule has 0 amide bonds. The molecule has 2 atom stereocenters. The summed E-state index contributed by atoms with van der Waals surface area (Å²) in [5.74, 6) is -0.716. The zero-order chi connectivity index (χ0) is 13.0. The molecule has 2 unspecified atom stereocenters. The monoisotopic (exact) mass is 235 g/mol. The fourth-order valence-electron chi connectivity index (χ4n) is 2.26. The van der Waals surface area contributed by atoms with Crippen LogP contribution in [0, 0.1) is 13.8 Å². The van der Waals surface area contributed by atoms with Crippen LogP contribution in [0.15, 0.2) is 18.2 Å². The van der Waals surface area contributed by atoms with Crippen molar-refractivity contribution in [3.63, 3.8) is 0 Å². The molecule has 3 nitrogen and oxygen atoms in total. The predicted molar refractivity (Wildman–Crippen MR) is 69.2 cm³/mol. The van der Waals surface area contributed by atoms with E-state index in [1.54, 1.807) is 0 Å². The predicted octanol–water partition coefficient (Wildman–Crippen LogP) is 2.60. The minimum absolute atomic E-state index is 0.0197. The Balaban J connectivity index is 3.00. The summed E-state index contributed by atoms with van der Waals surface area (Å²) in [4.78, 5) is 10.7. The van der Waals surface area contributed by atoms with E-state index in [1.807, 2.05) is 20.8 Å². The molecule has 0 spiro atoms. The van der Waals surface area contributed by atoms with Gasteiger partial charge in [-0.2, -0.15) is 0 Å². The minimum atomic E-state index is -0.832. The lowest BCUT2D eigenvalue weighted by atomic mass is 9.85. The van der Waals surface area contributed by atoms with E-state index in [-0.39, 0.29) is 18.4 Å². The second kappa shape index (κ2) is 5.82. The highest BCUT2D eigenvalue weighted by molar-refractivity contribution is 5.67. The van der Waals surface area contributed by atoms with Crippen LogP contribution >= 0.6 is 0 Å². The topological polar surface area (TPSA) is 63.3 Å². The largest absolute Gasteiger partial charge is 0.481 e. The number of carboxylic acids is 1. The Morgan fingerprint density at radius 1 is 1.41 bits per heavy atom. The molecule has 0 saturated heterocycles. The Morgan fingerprint density at radius 2 is 2.06 bits per heavy atom. The number of aryl methyl sites for hydroxylation is 2. The van der Waals surface area contributed by atoms with Gasteiger partial charge in [0.2, 0.25) is 0 Å². The molecule has 1 rings (SSSR count). The molecular weight excluding hydrogens is 214 g/mol. The maximum atomic E-state index is 10.7. The van der Waals surface area contributed by atoms with E-state index >= 15 is 0 Å². The molecule has 94 valence electrons. The van der Waals surface area contributed by atoms with Crippen LogP contribution in [0.3, 0.4) is 0 Å². The van der Waals surface area contributed by atoms with Crippen molar-refractivity contribution in [1.29, 1.82) is 0 Å². The number of rotatable bonds is 5. The SMILES string of the molecule is CCC(c1cc(C)ccc1C)C(N)CC(=O)O. The van der Waals surface area contributed by atoms with Crippen molar-refractivity contribution in [1.82, 2.24) is 0 Å². The summed E-state index contributed by atoms with van der Waals surface area (Å²) < 4.78 is 0. The fraction of sp³-hybridized carbons (Fsp3) is 0.500. The number of hydrogen-bond donors (Lipinski definition) is 2. The van der Waals surface area contributed by atoms with Crippen LogP contribution in [-0.4, -0.2) is 17.1 Å². The quantitative estimate of drug-likeness (QED) is 0.824. The van der Waals surface area contributed by atoms with E-state index in [2.05, 4.69) is 18.2 Å². The van der Waals surface area contributed by atoms with E-state index in [0.29, 0.717) is 0 Å². The molecule has 0 aliphatic heterocycles. The van der Waals surface area contributed by atoms with Crippen LogP contribution in [0.25, 0.3) is 0 Å². The summed E-state index contributed by atoms with van der Waals surface area (Å²) >= 11 is 0. The molecule has 1 aromatic rings. The molecule has 17 heavy (non-hydrogen) atoms. The molecular formula is C14H21NO2. The molecule has 0 aliphatic rings. The van der Waals surface area contributed by atoms with Gasteiger partial charge < -0.3 is 10.8 Å². The average molecular weight is 235 g/mol. The number of aliphatic carboxylic acids is 1. The Bertz CT molecular complexity index is 401. The van der Waals surface area contributed by atoms with Gasteiger partial charge in [-0.3, -0.25) is 4.79 Å². The van der Waals surface area contributed by atoms with Crippen molar-refractivity contribution in [3.05, 3.63) is 34.9 Å². The first-order chi connectivity index (χ1) is 7.95. The first-order valence-electron chi connectivity index (χ1n) is 6.00. The lowest BCUT2D eigenvalue weighted by molar-refractivity contribution is -0.137. The Hall–Kier alpha value is -1.35. The number of nitrogens with two attached hydrogens (primary N) is 1. The molecule has 3 heteroatoms. The van der Waals surface area contributed by atoms with Crippen LogP contribution in [0.2, 0.25) is 0 Å². The van der Waals surface area contributed by atoms with E-state index in [9.17, 15) is 4.79 Å². The van der Waals surface area contributed by atoms with Crippen molar-refractivity contribution in [2.24, 2.45) is 5.73 Å². The normalized spacial score (nSPS) is 14.4. The summed E-state index contributed by atoms with van der Waals surface area (Å²) in [6.45, 7) is 6.14. The Labute approximate surface area is 103 Å². The number of carbonyl (C=O) groups is 1. The Kier molecular flexibility index (Phi) is 4.70. The van der Waals surface area contributed by atoms with Gasteiger partial charge in [0.15, 0.2) is 0 Å². The summed E-state index contributed by atoms with van der Waals surface area (Å²) in [5, 5.41) is 8.82. The molecule has 0 heterocycles. The summed E-state index contributed by atoms with van der Waals surface area (Å²) in [5.41, 5.74) is 9.55. The van der Waals surface area contributed by atoms with Crippen molar-refractivity contribution in [3.8, 4) is 0 Å². The zero-order valence-corrected chi connectivity index (χ0v) is 10.7. The summed E-state index contributed by atoms with van der Waals surface area (Å²) in [6, 6.07) is 5.93. The Morgan fingerprint density at radius 3 is 2.59 bits per heavy atom. The van der Waals surface area contributed by atoms with Gasteiger partial charge in [0.25, 0.3) is 0 Å². The lowest BCUT2D eigenvalue weighted by Gasteiger charge is -2.24. The molecule has 0 radical (unpaired) electrons. The third kappa shape index (κ3) is 3.56. The lowest BCUT2D eigenvalue weighted by Crippen LogP contribution is -2.31. The second-order valence-corrected chi connectivity index (χ2v) is 4.64. The van der Waals surface area contributed by atoms with Crippen LogP contribution in [-0.2, 0) is 4.79 Å². The van der Waals surface area contributed by atoms with E-state index < -0.39 is 5.97 Å². The zero-order valence-electron chi connectivity index (χ0n) is 10.7. The summed E-state index contributed by atoms with van der Waals surface area (Å²) in [6.07, 6.45) is 0.880. The number of hydrogen-bond acceptors (Lipinski definition) is 2. The van der Waals surface area contributed by atoms with Gasteiger partial charge in [0.05, 0.1) is 6.42 Å². The highest BCUT2D eigenvalue weighted by atomic mass is 16.4. The molecule has 0 aliphatic carbocycles. The van der Waals surface area contributed by atoms with Crippen molar-refractivity contribution in [2.45, 2.75) is 45.6 Å². The van der Waals surface area contributed by atoms with Gasteiger partial charge in [-0.1, -0.05) is 30.7 Å². The average Bonchev–Trinajstić information content (AvgIpc) is 2.23. The smallest absolute Gasteiger partial charge is 0.304 e. The maximum Gasteiger partial charge on any atom is 0.304 e. The molecule has 0 saturated carbocycles.